The molecule has 3 rings (SSSR count). The third kappa shape index (κ3) is 5.14. The smallest absolute Gasteiger partial charge is 0.308 e. The number of aromatic nitrogens is 2. The third-order valence-corrected chi connectivity index (χ3v) is 4.52. The number of ether oxygens (including phenoxy) is 1. The van der Waals surface area contributed by atoms with Crippen LogP contribution in [0.1, 0.15) is 38.9 Å². The van der Waals surface area contributed by atoms with E-state index in [0.717, 1.165) is 0 Å². The normalized spacial score (nSPS) is 11.4. The van der Waals surface area contributed by atoms with Gasteiger partial charge in [-0.15, -0.1) is 0 Å². The number of rotatable bonds is 6. The minimum Gasteiger partial charge on any atom is -0.460 e. The number of hydrogen-bond donors (Lipinski definition) is 0. The highest BCUT2D eigenvalue weighted by Crippen LogP contribution is 2.31. The van der Waals surface area contributed by atoms with Crippen LogP contribution in [0.15, 0.2) is 42.5 Å². The first-order chi connectivity index (χ1) is 14.6. The fraction of sp³-hybridized carbons (Fsp3) is 0.304. The lowest BCUT2D eigenvalue weighted by Gasteiger charge is -2.21. The van der Waals surface area contributed by atoms with Crippen LogP contribution < -0.4 is 4.90 Å². The number of anilines is 1. The first-order valence-corrected chi connectivity index (χ1v) is 9.82. The van der Waals surface area contributed by atoms with Crippen LogP contribution in [-0.4, -0.2) is 40.2 Å². The molecule has 162 valence electrons. The minimum atomic E-state index is -0.604. The Hall–Kier alpha value is -3.55. The van der Waals surface area contributed by atoms with Gasteiger partial charge in [-0.05, 0) is 63.2 Å². The van der Waals surface area contributed by atoms with E-state index in [1.54, 1.807) is 51.1 Å². The second-order valence-corrected chi connectivity index (χ2v) is 8.12. The molecular formula is C23H24FN3O4. The molecule has 0 aliphatic carbocycles. The van der Waals surface area contributed by atoms with Crippen LogP contribution in [0.4, 0.5) is 10.1 Å². The Balaban J connectivity index is 1.97. The summed E-state index contributed by atoms with van der Waals surface area (Å²) in [4.78, 5) is 37.2. The molecule has 31 heavy (non-hydrogen) atoms. The average molecular weight is 425 g/mol. The van der Waals surface area contributed by atoms with Crippen molar-refractivity contribution in [3.63, 3.8) is 0 Å². The van der Waals surface area contributed by atoms with Gasteiger partial charge in [0.15, 0.2) is 0 Å². The van der Waals surface area contributed by atoms with Gasteiger partial charge >= 0.3 is 5.97 Å². The molecule has 2 aromatic carbocycles. The lowest BCUT2D eigenvalue weighted by atomic mass is 10.1. The number of halogens is 1. The molecular weight excluding hydrogens is 401 g/mol. The summed E-state index contributed by atoms with van der Waals surface area (Å²) < 4.78 is 19.9. The number of hydrogen-bond acceptors (Lipinski definition) is 5. The topological polar surface area (TPSA) is 81.5 Å². The number of esters is 1. The highest BCUT2D eigenvalue weighted by atomic mass is 19.1. The summed E-state index contributed by atoms with van der Waals surface area (Å²) in [5, 5.41) is 5.02. The van der Waals surface area contributed by atoms with Gasteiger partial charge in [0.25, 0.3) is 0 Å². The summed E-state index contributed by atoms with van der Waals surface area (Å²) in [7, 11) is 0. The summed E-state index contributed by atoms with van der Waals surface area (Å²) in [5.74, 6) is -1.06. The summed E-state index contributed by atoms with van der Waals surface area (Å²) in [6, 6.07) is 10.9. The van der Waals surface area contributed by atoms with Crippen LogP contribution in [0.2, 0.25) is 0 Å². The van der Waals surface area contributed by atoms with Crippen LogP contribution in [0, 0.1) is 5.82 Å². The molecule has 0 unspecified atom stereocenters. The number of nitrogens with zero attached hydrogens (tertiary/aromatic N) is 3. The number of benzene rings is 2. The Kier molecular flexibility index (Phi) is 6.19. The Bertz CT molecular complexity index is 1130. The Labute approximate surface area is 179 Å². The summed E-state index contributed by atoms with van der Waals surface area (Å²) in [5.41, 5.74) is 1.62. The fourth-order valence-electron chi connectivity index (χ4n) is 3.19. The van der Waals surface area contributed by atoms with Gasteiger partial charge < -0.3 is 9.64 Å². The van der Waals surface area contributed by atoms with E-state index >= 15 is 0 Å². The fourth-order valence-corrected chi connectivity index (χ4v) is 3.19. The maximum absolute atomic E-state index is 13.4. The molecule has 0 fully saturated rings. The number of amides is 1. The van der Waals surface area contributed by atoms with E-state index in [0.29, 0.717) is 34.3 Å². The summed E-state index contributed by atoms with van der Waals surface area (Å²) in [6.07, 6.45) is 0.671. The summed E-state index contributed by atoms with van der Waals surface area (Å²) in [6.45, 7) is 6.87. The molecule has 0 radical (unpaired) electrons. The van der Waals surface area contributed by atoms with Gasteiger partial charge in [0.2, 0.25) is 12.3 Å². The monoisotopic (exact) mass is 425 g/mol. The van der Waals surface area contributed by atoms with Gasteiger partial charge in [-0.3, -0.25) is 14.4 Å². The van der Waals surface area contributed by atoms with Gasteiger partial charge in [0.1, 0.15) is 17.1 Å². The number of carbonyl (C=O) groups excluding carboxylic acids is 3. The third-order valence-electron chi connectivity index (χ3n) is 4.52. The van der Waals surface area contributed by atoms with Crippen molar-refractivity contribution in [2.45, 2.75) is 39.7 Å². The number of carbonyl (C=O) groups is 3. The first-order valence-electron chi connectivity index (χ1n) is 9.82. The van der Waals surface area contributed by atoms with E-state index in [9.17, 15) is 18.8 Å². The molecule has 3 aromatic rings. The van der Waals surface area contributed by atoms with Crippen molar-refractivity contribution in [3.8, 4) is 11.3 Å². The van der Waals surface area contributed by atoms with Gasteiger partial charge in [0.05, 0.1) is 11.9 Å². The van der Waals surface area contributed by atoms with E-state index < -0.39 is 11.6 Å². The second kappa shape index (κ2) is 8.67. The van der Waals surface area contributed by atoms with Crippen molar-refractivity contribution in [1.82, 2.24) is 9.78 Å². The lowest BCUT2D eigenvalue weighted by molar-refractivity contribution is -0.154. The molecule has 0 atom stereocenters. The van der Waals surface area contributed by atoms with Crippen molar-refractivity contribution in [3.05, 3.63) is 48.3 Å². The van der Waals surface area contributed by atoms with Crippen LogP contribution >= 0.6 is 0 Å². The molecule has 8 heteroatoms. The molecule has 1 heterocycles. The predicted molar refractivity (Wildman–Crippen MR) is 115 cm³/mol. The van der Waals surface area contributed by atoms with Crippen molar-refractivity contribution in [1.29, 1.82) is 0 Å². The van der Waals surface area contributed by atoms with Gasteiger partial charge in [-0.25, -0.2) is 4.39 Å². The minimum absolute atomic E-state index is 0.0333. The van der Waals surface area contributed by atoms with E-state index in [4.69, 9.17) is 4.74 Å². The molecule has 1 amide bonds. The Morgan fingerprint density at radius 2 is 1.84 bits per heavy atom. The molecule has 0 saturated heterocycles. The van der Waals surface area contributed by atoms with E-state index in [2.05, 4.69) is 5.10 Å². The van der Waals surface area contributed by atoms with Crippen LogP contribution in [0.25, 0.3) is 22.2 Å². The predicted octanol–water partition coefficient (Wildman–Crippen LogP) is 4.20. The Morgan fingerprint density at radius 1 is 1.16 bits per heavy atom. The van der Waals surface area contributed by atoms with Crippen LogP contribution in [0.5, 0.6) is 0 Å². The zero-order valence-electron chi connectivity index (χ0n) is 17.9. The highest BCUT2D eigenvalue weighted by molar-refractivity contribution is 6.00. The van der Waals surface area contributed by atoms with Gasteiger partial charge in [-0.2, -0.15) is 9.78 Å². The van der Waals surface area contributed by atoms with Crippen molar-refractivity contribution >= 4 is 34.9 Å². The van der Waals surface area contributed by atoms with E-state index in [1.165, 1.54) is 28.6 Å². The number of fused-ring (bicyclic) bond motifs is 1. The maximum atomic E-state index is 13.4. The maximum Gasteiger partial charge on any atom is 0.308 e. The summed E-state index contributed by atoms with van der Waals surface area (Å²) >= 11 is 0. The molecule has 0 spiro atoms. The largest absolute Gasteiger partial charge is 0.460 e. The lowest BCUT2D eigenvalue weighted by Crippen LogP contribution is -2.29. The average Bonchev–Trinajstić information content (AvgIpc) is 3.07. The second-order valence-electron chi connectivity index (χ2n) is 8.12. The molecule has 0 aliphatic rings. The molecule has 1 aromatic heterocycles. The molecule has 0 N–H and O–H groups in total. The molecule has 0 saturated carbocycles. The quantitative estimate of drug-likeness (QED) is 0.437. The van der Waals surface area contributed by atoms with Crippen molar-refractivity contribution in [2.24, 2.45) is 0 Å². The zero-order valence-corrected chi connectivity index (χ0v) is 17.9. The first kappa shape index (κ1) is 22.1. The Morgan fingerprint density at radius 3 is 2.42 bits per heavy atom. The van der Waals surface area contributed by atoms with Crippen LogP contribution in [0.3, 0.4) is 0 Å². The molecule has 7 nitrogen and oxygen atoms in total. The van der Waals surface area contributed by atoms with Gasteiger partial charge in [0, 0.05) is 30.1 Å². The van der Waals surface area contributed by atoms with Gasteiger partial charge in [-0.1, -0.05) is 0 Å². The molecule has 0 bridgehead atoms. The standard InChI is InChI=1S/C23H24FN3O4/c1-15(29)27-20-10-9-18(26(14-28)12-11-21(30)31-23(2,3)4)13-19(20)22(25-27)16-5-7-17(24)8-6-16/h5-10,13-14H,11-12H2,1-4H3. The van der Waals surface area contributed by atoms with E-state index in [-0.39, 0.29) is 24.7 Å². The van der Waals surface area contributed by atoms with Crippen molar-refractivity contribution < 1.29 is 23.5 Å². The van der Waals surface area contributed by atoms with Crippen molar-refractivity contribution in [2.75, 3.05) is 11.4 Å². The van der Waals surface area contributed by atoms with Crippen LogP contribution in [-0.2, 0) is 14.3 Å². The van der Waals surface area contributed by atoms with E-state index in [1.807, 2.05) is 0 Å². The SMILES string of the molecule is CC(=O)n1nc(-c2ccc(F)cc2)c2cc(N(C=O)CCC(=O)OC(C)(C)C)ccc21. The zero-order chi connectivity index (χ0) is 22.8. The highest BCUT2D eigenvalue weighted by Gasteiger charge is 2.19. The molecule has 0 aliphatic heterocycles.